The summed E-state index contributed by atoms with van der Waals surface area (Å²) in [6, 6.07) is 10.0. The predicted octanol–water partition coefficient (Wildman–Crippen LogP) is 4.16. The van der Waals surface area contributed by atoms with Crippen LogP contribution >= 0.6 is 12.4 Å². The average molecular weight is 298 g/mol. The number of aliphatic imine (C=N–C) groups is 1. The number of methoxy groups -OCH3 is 1. The zero-order chi connectivity index (χ0) is 14.3. The average Bonchev–Trinajstić information content (AvgIpc) is 2.62. The summed E-state index contributed by atoms with van der Waals surface area (Å²) in [6.45, 7) is 10.4. The van der Waals surface area contributed by atoms with Gasteiger partial charge in [0, 0.05) is 18.1 Å². The molecule has 1 aliphatic rings. The van der Waals surface area contributed by atoms with Gasteiger partial charge in [-0.15, -0.1) is 12.4 Å². The minimum absolute atomic E-state index is 0. The highest BCUT2D eigenvalue weighted by molar-refractivity contribution is 5.85. The molecule has 1 aromatic carbocycles. The van der Waals surface area contributed by atoms with E-state index >= 15 is 0 Å². The van der Waals surface area contributed by atoms with Crippen LogP contribution in [0, 0.1) is 5.41 Å². The van der Waals surface area contributed by atoms with Crippen molar-refractivity contribution in [3.8, 4) is 0 Å². The molecule has 1 unspecified atom stereocenters. The van der Waals surface area contributed by atoms with Crippen molar-refractivity contribution in [2.45, 2.75) is 45.9 Å². The summed E-state index contributed by atoms with van der Waals surface area (Å²) in [4.78, 5) is 4.76. The van der Waals surface area contributed by atoms with Crippen LogP contribution in [0.3, 0.4) is 0 Å². The molecule has 4 heteroatoms. The third-order valence-corrected chi connectivity index (χ3v) is 3.51. The van der Waals surface area contributed by atoms with Gasteiger partial charge in [-0.2, -0.15) is 0 Å². The highest BCUT2D eigenvalue weighted by Gasteiger charge is 2.56. The van der Waals surface area contributed by atoms with Gasteiger partial charge in [-0.1, -0.05) is 51.1 Å². The van der Waals surface area contributed by atoms with E-state index in [1.54, 1.807) is 7.11 Å². The molecule has 1 aromatic rings. The first-order chi connectivity index (χ1) is 8.73. The van der Waals surface area contributed by atoms with E-state index in [1.807, 2.05) is 44.2 Å². The van der Waals surface area contributed by atoms with Crippen LogP contribution in [-0.2, 0) is 15.3 Å². The van der Waals surface area contributed by atoms with Gasteiger partial charge in [0.15, 0.2) is 5.90 Å². The maximum Gasteiger partial charge on any atom is 0.263 e. The molecule has 0 bridgehead atoms. The van der Waals surface area contributed by atoms with Crippen molar-refractivity contribution >= 4 is 18.3 Å². The molecular weight excluding hydrogens is 274 g/mol. The van der Waals surface area contributed by atoms with E-state index in [1.165, 1.54) is 0 Å². The van der Waals surface area contributed by atoms with Gasteiger partial charge < -0.3 is 9.47 Å². The zero-order valence-electron chi connectivity index (χ0n) is 13.1. The van der Waals surface area contributed by atoms with E-state index in [2.05, 4.69) is 20.8 Å². The molecule has 112 valence electrons. The molecule has 0 aliphatic carbocycles. The molecule has 0 saturated carbocycles. The van der Waals surface area contributed by atoms with Crippen LogP contribution in [-0.4, -0.2) is 18.5 Å². The van der Waals surface area contributed by atoms with Gasteiger partial charge in [0.2, 0.25) is 0 Å². The Bertz CT molecular complexity index is 491. The van der Waals surface area contributed by atoms with Gasteiger partial charge in [-0.25, -0.2) is 4.99 Å². The van der Waals surface area contributed by atoms with Crippen molar-refractivity contribution in [3.05, 3.63) is 35.9 Å². The molecule has 3 nitrogen and oxygen atoms in total. The van der Waals surface area contributed by atoms with E-state index in [9.17, 15) is 0 Å². The lowest BCUT2D eigenvalue weighted by atomic mass is 9.88. The van der Waals surface area contributed by atoms with Crippen molar-refractivity contribution in [2.75, 3.05) is 7.11 Å². The van der Waals surface area contributed by atoms with Gasteiger partial charge in [0.25, 0.3) is 5.79 Å². The number of hydrogen-bond acceptors (Lipinski definition) is 3. The molecule has 0 aromatic heterocycles. The van der Waals surface area contributed by atoms with Gasteiger partial charge in [-0.05, 0) is 13.8 Å². The Kier molecular flexibility index (Phi) is 4.57. The van der Waals surface area contributed by atoms with Crippen molar-refractivity contribution in [1.29, 1.82) is 0 Å². The maximum absolute atomic E-state index is 6.19. The van der Waals surface area contributed by atoms with Crippen LogP contribution in [0.2, 0.25) is 0 Å². The Morgan fingerprint density at radius 2 is 1.65 bits per heavy atom. The SMILES string of the molecule is COC1(c2ccccc2)OC(C(C)(C)C)=NC1(C)C.Cl. The number of ether oxygens (including phenoxy) is 2. The topological polar surface area (TPSA) is 30.8 Å². The standard InChI is InChI=1S/C16H23NO2.ClH/c1-14(2,3)13-17-15(4,5)16(18-6,19-13)12-10-8-7-9-11-12;/h7-11H,1-6H3;1H. The lowest BCUT2D eigenvalue weighted by molar-refractivity contribution is -0.206. The Labute approximate surface area is 127 Å². The van der Waals surface area contributed by atoms with Crippen LogP contribution in [0.25, 0.3) is 0 Å². The van der Waals surface area contributed by atoms with Crippen LogP contribution in [0.5, 0.6) is 0 Å². The maximum atomic E-state index is 6.19. The number of nitrogens with zero attached hydrogens (tertiary/aromatic N) is 1. The Hall–Kier alpha value is -1.06. The quantitative estimate of drug-likeness (QED) is 0.820. The summed E-state index contributed by atoms with van der Waals surface area (Å²) in [5.41, 5.74) is 0.392. The second-order valence-electron chi connectivity index (χ2n) is 6.51. The first-order valence-corrected chi connectivity index (χ1v) is 6.63. The molecule has 2 rings (SSSR count). The summed E-state index contributed by atoms with van der Waals surface area (Å²) in [5.74, 6) is -0.111. The fourth-order valence-corrected chi connectivity index (χ4v) is 2.41. The summed E-state index contributed by atoms with van der Waals surface area (Å²) >= 11 is 0. The fraction of sp³-hybridized carbons (Fsp3) is 0.562. The normalized spacial score (nSPS) is 24.6. The largest absolute Gasteiger partial charge is 0.442 e. The third kappa shape index (κ3) is 2.57. The van der Waals surface area contributed by atoms with Crippen molar-refractivity contribution in [1.82, 2.24) is 0 Å². The lowest BCUT2D eigenvalue weighted by Gasteiger charge is -2.37. The summed E-state index contributed by atoms with van der Waals surface area (Å²) in [7, 11) is 1.68. The number of hydrogen-bond donors (Lipinski definition) is 0. The fourth-order valence-electron chi connectivity index (χ4n) is 2.41. The highest BCUT2D eigenvalue weighted by atomic mass is 35.5. The molecule has 0 amide bonds. The second-order valence-corrected chi connectivity index (χ2v) is 6.51. The number of benzene rings is 1. The van der Waals surface area contributed by atoms with Crippen LogP contribution in [0.15, 0.2) is 35.3 Å². The number of halogens is 1. The Balaban J connectivity index is 0.00000200. The van der Waals surface area contributed by atoms with E-state index in [0.717, 1.165) is 11.5 Å². The predicted molar refractivity (Wildman–Crippen MR) is 84.4 cm³/mol. The molecule has 0 spiro atoms. The van der Waals surface area contributed by atoms with E-state index in [-0.39, 0.29) is 17.8 Å². The van der Waals surface area contributed by atoms with Gasteiger partial charge >= 0.3 is 0 Å². The molecule has 1 heterocycles. The van der Waals surface area contributed by atoms with Gasteiger partial charge in [-0.3, -0.25) is 0 Å². The molecule has 1 aliphatic heterocycles. The molecule has 20 heavy (non-hydrogen) atoms. The number of rotatable bonds is 2. The van der Waals surface area contributed by atoms with Crippen LogP contribution in [0.4, 0.5) is 0 Å². The lowest BCUT2D eigenvalue weighted by Crippen LogP contribution is -2.46. The monoisotopic (exact) mass is 297 g/mol. The summed E-state index contributed by atoms with van der Waals surface area (Å²) in [6.07, 6.45) is 0. The summed E-state index contributed by atoms with van der Waals surface area (Å²) < 4.78 is 12.0. The highest BCUT2D eigenvalue weighted by Crippen LogP contribution is 2.46. The molecule has 1 atom stereocenters. The van der Waals surface area contributed by atoms with E-state index in [0.29, 0.717) is 0 Å². The van der Waals surface area contributed by atoms with Crippen molar-refractivity contribution in [2.24, 2.45) is 10.4 Å². The third-order valence-electron chi connectivity index (χ3n) is 3.51. The Morgan fingerprint density at radius 3 is 2.05 bits per heavy atom. The first-order valence-electron chi connectivity index (χ1n) is 6.63. The second kappa shape index (κ2) is 5.38. The smallest absolute Gasteiger partial charge is 0.263 e. The van der Waals surface area contributed by atoms with Gasteiger partial charge in [0.1, 0.15) is 5.54 Å². The van der Waals surface area contributed by atoms with Crippen LogP contribution < -0.4 is 0 Å². The first kappa shape index (κ1) is 17.0. The van der Waals surface area contributed by atoms with Gasteiger partial charge in [0.05, 0.1) is 0 Å². The van der Waals surface area contributed by atoms with Crippen molar-refractivity contribution < 1.29 is 9.47 Å². The molecule has 0 N–H and O–H groups in total. The molecule has 0 radical (unpaired) electrons. The summed E-state index contributed by atoms with van der Waals surface area (Å²) in [5, 5.41) is 0. The minimum atomic E-state index is -0.850. The molecule has 0 fully saturated rings. The van der Waals surface area contributed by atoms with Crippen LogP contribution in [0.1, 0.15) is 40.2 Å². The molecule has 0 saturated heterocycles. The minimum Gasteiger partial charge on any atom is -0.442 e. The molecular formula is C16H24ClNO2. The van der Waals surface area contributed by atoms with E-state index in [4.69, 9.17) is 14.5 Å². The van der Waals surface area contributed by atoms with Crippen molar-refractivity contribution in [3.63, 3.8) is 0 Å². The van der Waals surface area contributed by atoms with E-state index < -0.39 is 11.3 Å². The zero-order valence-corrected chi connectivity index (χ0v) is 13.9. The Morgan fingerprint density at radius 1 is 1.10 bits per heavy atom.